The Balaban J connectivity index is 3.06. The van der Waals surface area contributed by atoms with Crippen LogP contribution in [0.1, 0.15) is 26.3 Å². The van der Waals surface area contributed by atoms with E-state index in [1.54, 1.807) is 6.21 Å². The van der Waals surface area contributed by atoms with Crippen LogP contribution in [0.5, 0.6) is 5.75 Å². The molecule has 110 valence electrons. The molecule has 1 rings (SSSR count). The van der Waals surface area contributed by atoms with Gasteiger partial charge in [0.1, 0.15) is 5.75 Å². The predicted molar refractivity (Wildman–Crippen MR) is 84.6 cm³/mol. The molecule has 1 aromatic rings. The molecule has 4 N–H and O–H groups in total. The van der Waals surface area contributed by atoms with Gasteiger partial charge in [-0.15, -0.1) is 5.10 Å². The second kappa shape index (κ2) is 8.04. The molecule has 1 aromatic carbocycles. The standard InChI is InChI=1S/C14H23N5O/c1-4-19(5-2)12-8-7-11(10-17-18-14(15)16)13(9-12)20-6-3/h7-10H,4-6H2,1-3H3,(H4,15,16,18). The molecule has 0 spiro atoms. The number of guanidine groups is 1. The van der Waals surface area contributed by atoms with E-state index in [0.29, 0.717) is 6.61 Å². The van der Waals surface area contributed by atoms with Gasteiger partial charge in [0.25, 0.3) is 0 Å². The molecule has 0 amide bonds. The number of ether oxygens (including phenoxy) is 1. The minimum atomic E-state index is -0.0704. The third-order valence-electron chi connectivity index (χ3n) is 2.80. The van der Waals surface area contributed by atoms with E-state index < -0.39 is 0 Å². The van der Waals surface area contributed by atoms with Crippen LogP contribution in [0.2, 0.25) is 0 Å². The number of hydrogen-bond donors (Lipinski definition) is 2. The van der Waals surface area contributed by atoms with Crippen molar-refractivity contribution in [3.05, 3.63) is 23.8 Å². The quantitative estimate of drug-likeness (QED) is 0.449. The maximum atomic E-state index is 5.65. The van der Waals surface area contributed by atoms with Crippen molar-refractivity contribution in [3.63, 3.8) is 0 Å². The monoisotopic (exact) mass is 277 g/mol. The number of hydrogen-bond acceptors (Lipinski definition) is 4. The van der Waals surface area contributed by atoms with Gasteiger partial charge >= 0.3 is 0 Å². The summed E-state index contributed by atoms with van der Waals surface area (Å²) < 4.78 is 5.65. The van der Waals surface area contributed by atoms with Gasteiger partial charge in [0.2, 0.25) is 5.96 Å². The van der Waals surface area contributed by atoms with Crippen molar-refractivity contribution in [2.45, 2.75) is 20.8 Å². The summed E-state index contributed by atoms with van der Waals surface area (Å²) in [5.41, 5.74) is 12.4. The van der Waals surface area contributed by atoms with Gasteiger partial charge in [-0.05, 0) is 32.9 Å². The van der Waals surface area contributed by atoms with Crippen LogP contribution in [0, 0.1) is 0 Å². The smallest absolute Gasteiger partial charge is 0.211 e. The molecule has 20 heavy (non-hydrogen) atoms. The summed E-state index contributed by atoms with van der Waals surface area (Å²) in [7, 11) is 0. The molecule has 6 nitrogen and oxygen atoms in total. The second-order valence-corrected chi connectivity index (χ2v) is 4.10. The maximum absolute atomic E-state index is 5.65. The van der Waals surface area contributed by atoms with E-state index in [2.05, 4.69) is 29.0 Å². The highest BCUT2D eigenvalue weighted by Gasteiger charge is 2.07. The molecule has 0 unspecified atom stereocenters. The fourth-order valence-corrected chi connectivity index (χ4v) is 1.85. The summed E-state index contributed by atoms with van der Waals surface area (Å²) in [6.45, 7) is 8.68. The SMILES string of the molecule is CCOc1cc(N(CC)CC)ccc1C=NN=C(N)N. The third kappa shape index (κ3) is 4.46. The number of nitrogens with zero attached hydrogens (tertiary/aromatic N) is 3. The Kier molecular flexibility index (Phi) is 6.36. The van der Waals surface area contributed by atoms with Crippen molar-refractivity contribution in [2.75, 3.05) is 24.6 Å². The lowest BCUT2D eigenvalue weighted by atomic mass is 10.2. The molecule has 0 aliphatic heterocycles. The fraction of sp³-hybridized carbons (Fsp3) is 0.429. The van der Waals surface area contributed by atoms with Gasteiger partial charge in [-0.25, -0.2) is 0 Å². The zero-order valence-electron chi connectivity index (χ0n) is 12.3. The molecule has 6 heteroatoms. The van der Waals surface area contributed by atoms with Crippen LogP contribution in [0.15, 0.2) is 28.4 Å². The lowest BCUT2D eigenvalue weighted by molar-refractivity contribution is 0.340. The molecule has 0 saturated heterocycles. The first-order valence-electron chi connectivity index (χ1n) is 6.76. The minimum Gasteiger partial charge on any atom is -0.493 e. The average Bonchev–Trinajstić information content (AvgIpc) is 2.42. The number of rotatable bonds is 7. The maximum Gasteiger partial charge on any atom is 0.211 e. The molecule has 0 saturated carbocycles. The van der Waals surface area contributed by atoms with Crippen LogP contribution in [-0.2, 0) is 0 Å². The zero-order valence-corrected chi connectivity index (χ0v) is 12.3. The van der Waals surface area contributed by atoms with Crippen LogP contribution in [0.3, 0.4) is 0 Å². The third-order valence-corrected chi connectivity index (χ3v) is 2.80. The highest BCUT2D eigenvalue weighted by atomic mass is 16.5. The number of anilines is 1. The van der Waals surface area contributed by atoms with Gasteiger partial charge in [-0.3, -0.25) is 0 Å². The van der Waals surface area contributed by atoms with Crippen molar-refractivity contribution < 1.29 is 4.74 Å². The second-order valence-electron chi connectivity index (χ2n) is 4.10. The Morgan fingerprint density at radius 2 is 1.95 bits per heavy atom. The minimum absolute atomic E-state index is 0.0704. The van der Waals surface area contributed by atoms with Crippen molar-refractivity contribution in [1.29, 1.82) is 0 Å². The van der Waals surface area contributed by atoms with E-state index in [0.717, 1.165) is 30.1 Å². The Morgan fingerprint density at radius 3 is 2.50 bits per heavy atom. The van der Waals surface area contributed by atoms with Crippen LogP contribution in [0.25, 0.3) is 0 Å². The van der Waals surface area contributed by atoms with Crippen molar-refractivity contribution in [3.8, 4) is 5.75 Å². The highest BCUT2D eigenvalue weighted by Crippen LogP contribution is 2.25. The molecule has 0 aromatic heterocycles. The summed E-state index contributed by atoms with van der Waals surface area (Å²) in [4.78, 5) is 2.25. The summed E-state index contributed by atoms with van der Waals surface area (Å²) in [5, 5.41) is 7.40. The Hall–Kier alpha value is -2.24. The van der Waals surface area contributed by atoms with Gasteiger partial charge in [0.05, 0.1) is 12.8 Å². The molecule has 0 heterocycles. The van der Waals surface area contributed by atoms with Crippen LogP contribution in [0.4, 0.5) is 5.69 Å². The molecule has 0 aliphatic rings. The molecule has 0 atom stereocenters. The van der Waals surface area contributed by atoms with E-state index in [1.807, 2.05) is 25.1 Å². The molecule has 0 fully saturated rings. The van der Waals surface area contributed by atoms with Gasteiger partial charge in [-0.1, -0.05) is 0 Å². The van der Waals surface area contributed by atoms with E-state index >= 15 is 0 Å². The first kappa shape index (κ1) is 15.8. The van der Waals surface area contributed by atoms with Gasteiger partial charge in [0, 0.05) is 30.4 Å². The normalized spacial score (nSPS) is 10.6. The lowest BCUT2D eigenvalue weighted by Gasteiger charge is -2.22. The summed E-state index contributed by atoms with van der Waals surface area (Å²) in [5.74, 6) is 0.699. The Morgan fingerprint density at radius 1 is 1.25 bits per heavy atom. The Bertz CT molecular complexity index is 476. The van der Waals surface area contributed by atoms with E-state index in [4.69, 9.17) is 16.2 Å². The average molecular weight is 277 g/mol. The number of benzene rings is 1. The summed E-state index contributed by atoms with van der Waals surface area (Å²) in [6, 6.07) is 5.99. The zero-order chi connectivity index (χ0) is 15.0. The fourth-order valence-electron chi connectivity index (χ4n) is 1.85. The van der Waals surface area contributed by atoms with Gasteiger partial charge in [-0.2, -0.15) is 5.10 Å². The summed E-state index contributed by atoms with van der Waals surface area (Å²) in [6.07, 6.45) is 1.58. The number of nitrogens with two attached hydrogens (primary N) is 2. The first-order chi connectivity index (χ1) is 9.62. The molecule has 0 bridgehead atoms. The van der Waals surface area contributed by atoms with E-state index in [9.17, 15) is 0 Å². The van der Waals surface area contributed by atoms with E-state index in [-0.39, 0.29) is 5.96 Å². The summed E-state index contributed by atoms with van der Waals surface area (Å²) >= 11 is 0. The molecular formula is C14H23N5O. The van der Waals surface area contributed by atoms with Crippen molar-refractivity contribution in [1.82, 2.24) is 0 Å². The van der Waals surface area contributed by atoms with Crippen molar-refractivity contribution in [2.24, 2.45) is 21.7 Å². The van der Waals surface area contributed by atoms with E-state index in [1.165, 1.54) is 0 Å². The van der Waals surface area contributed by atoms with Crippen LogP contribution in [-0.4, -0.2) is 31.9 Å². The molecular weight excluding hydrogens is 254 g/mol. The van der Waals surface area contributed by atoms with Gasteiger partial charge in [0.15, 0.2) is 0 Å². The first-order valence-corrected chi connectivity index (χ1v) is 6.76. The predicted octanol–water partition coefficient (Wildman–Crippen LogP) is 1.54. The molecule has 0 aliphatic carbocycles. The van der Waals surface area contributed by atoms with Gasteiger partial charge < -0.3 is 21.1 Å². The topological polar surface area (TPSA) is 89.2 Å². The van der Waals surface area contributed by atoms with Crippen LogP contribution >= 0.6 is 0 Å². The highest BCUT2D eigenvalue weighted by molar-refractivity contribution is 5.85. The van der Waals surface area contributed by atoms with Crippen molar-refractivity contribution >= 4 is 17.9 Å². The Labute approximate surface area is 120 Å². The molecule has 0 radical (unpaired) electrons. The largest absolute Gasteiger partial charge is 0.493 e. The lowest BCUT2D eigenvalue weighted by Crippen LogP contribution is -2.22. The van der Waals surface area contributed by atoms with Crippen LogP contribution < -0.4 is 21.1 Å².